The van der Waals surface area contributed by atoms with Crippen LogP contribution in [0.5, 0.6) is 0 Å². The van der Waals surface area contributed by atoms with Gasteiger partial charge in [0.15, 0.2) is 0 Å². The van der Waals surface area contributed by atoms with Crippen LogP contribution in [-0.4, -0.2) is 12.1 Å². The Labute approximate surface area is 99.6 Å². The highest BCUT2D eigenvalue weighted by Crippen LogP contribution is 2.21. The summed E-state index contributed by atoms with van der Waals surface area (Å²) in [5, 5.41) is 5.92. The summed E-state index contributed by atoms with van der Waals surface area (Å²) in [6.45, 7) is 0. The zero-order chi connectivity index (χ0) is 11.2. The molecule has 1 aromatic heterocycles. The van der Waals surface area contributed by atoms with Crippen molar-refractivity contribution < 1.29 is 4.79 Å². The van der Waals surface area contributed by atoms with E-state index in [4.69, 9.17) is 0 Å². The second kappa shape index (κ2) is 5.80. The zero-order valence-corrected chi connectivity index (χ0v) is 10.0. The van der Waals surface area contributed by atoms with Crippen LogP contribution in [-0.2, 0) is 0 Å². The van der Waals surface area contributed by atoms with Crippen LogP contribution in [0.15, 0.2) is 22.6 Å². The number of rotatable bonds is 3. The number of thiophene rings is 1. The lowest BCUT2D eigenvalue weighted by Gasteiger charge is -2.16. The summed E-state index contributed by atoms with van der Waals surface area (Å²) in [5.41, 5.74) is 2.57. The predicted molar refractivity (Wildman–Crippen MR) is 66.9 cm³/mol. The van der Waals surface area contributed by atoms with Crippen LogP contribution in [0.4, 0.5) is 0 Å². The van der Waals surface area contributed by atoms with E-state index in [1.807, 2.05) is 17.7 Å². The fourth-order valence-corrected chi connectivity index (χ4v) is 2.56. The van der Waals surface area contributed by atoms with E-state index < -0.39 is 0 Å². The van der Waals surface area contributed by atoms with Crippen molar-refractivity contribution >= 4 is 23.5 Å². The molecule has 0 radical (unpaired) electrons. The Bertz CT molecular complexity index is 353. The van der Waals surface area contributed by atoms with E-state index in [-0.39, 0.29) is 5.91 Å². The topological polar surface area (TPSA) is 41.5 Å². The van der Waals surface area contributed by atoms with E-state index in [0.29, 0.717) is 10.8 Å². The lowest BCUT2D eigenvalue weighted by Crippen LogP contribution is -2.18. The molecule has 1 fully saturated rings. The maximum absolute atomic E-state index is 11.5. The molecule has 1 N–H and O–H groups in total. The van der Waals surface area contributed by atoms with Crippen molar-refractivity contribution in [2.24, 2.45) is 11.0 Å². The third kappa shape index (κ3) is 3.17. The van der Waals surface area contributed by atoms with Crippen LogP contribution >= 0.6 is 11.3 Å². The molecule has 16 heavy (non-hydrogen) atoms. The van der Waals surface area contributed by atoms with Gasteiger partial charge in [0.1, 0.15) is 0 Å². The van der Waals surface area contributed by atoms with E-state index in [1.165, 1.54) is 43.4 Å². The molecule has 1 saturated carbocycles. The number of hydrogen-bond acceptors (Lipinski definition) is 3. The van der Waals surface area contributed by atoms with Gasteiger partial charge in [0.05, 0.1) is 4.88 Å². The van der Waals surface area contributed by atoms with Gasteiger partial charge in [0.25, 0.3) is 5.91 Å². The first-order chi connectivity index (χ1) is 7.86. The number of nitrogens with one attached hydrogen (secondary N) is 1. The lowest BCUT2D eigenvalue weighted by molar-refractivity contribution is 0.0959. The molecule has 1 amide bonds. The Balaban J connectivity index is 1.78. The minimum absolute atomic E-state index is 0.109. The van der Waals surface area contributed by atoms with Crippen LogP contribution in [0.25, 0.3) is 0 Å². The Kier molecular flexibility index (Phi) is 4.10. The van der Waals surface area contributed by atoms with Gasteiger partial charge < -0.3 is 0 Å². The van der Waals surface area contributed by atoms with Crippen LogP contribution in [0, 0.1) is 5.92 Å². The number of carbonyl (C=O) groups is 1. The molecule has 86 valence electrons. The first-order valence-corrected chi connectivity index (χ1v) is 6.61. The highest BCUT2D eigenvalue weighted by atomic mass is 32.1. The first kappa shape index (κ1) is 11.3. The molecular weight excluding hydrogens is 220 g/mol. The number of hydrazone groups is 1. The minimum atomic E-state index is -0.109. The van der Waals surface area contributed by atoms with Crippen molar-refractivity contribution in [1.82, 2.24) is 5.43 Å². The van der Waals surface area contributed by atoms with Crippen LogP contribution in [0.3, 0.4) is 0 Å². The largest absolute Gasteiger partial charge is 0.281 e. The summed E-state index contributed by atoms with van der Waals surface area (Å²) in [6, 6.07) is 3.67. The van der Waals surface area contributed by atoms with Gasteiger partial charge >= 0.3 is 0 Å². The highest BCUT2D eigenvalue weighted by molar-refractivity contribution is 7.12. The van der Waals surface area contributed by atoms with Gasteiger partial charge in [-0.3, -0.25) is 4.79 Å². The third-order valence-corrected chi connectivity index (χ3v) is 3.71. The summed E-state index contributed by atoms with van der Waals surface area (Å²) in [7, 11) is 0. The maximum atomic E-state index is 11.5. The van der Waals surface area contributed by atoms with Gasteiger partial charge in [-0.2, -0.15) is 5.10 Å². The maximum Gasteiger partial charge on any atom is 0.281 e. The van der Waals surface area contributed by atoms with E-state index in [9.17, 15) is 4.79 Å². The predicted octanol–water partition coefficient (Wildman–Crippen LogP) is 3.04. The molecule has 0 aromatic carbocycles. The van der Waals surface area contributed by atoms with Gasteiger partial charge in [-0.25, -0.2) is 5.43 Å². The molecule has 0 unspecified atom stereocenters. The number of carbonyl (C=O) groups excluding carboxylic acids is 1. The average Bonchev–Trinajstić information content (AvgIpc) is 2.84. The quantitative estimate of drug-likeness (QED) is 0.636. The molecule has 0 atom stereocenters. The molecule has 1 aliphatic rings. The van der Waals surface area contributed by atoms with Gasteiger partial charge in [0, 0.05) is 6.21 Å². The molecule has 0 saturated heterocycles. The molecule has 0 bridgehead atoms. The Hall–Kier alpha value is -1.16. The molecule has 1 heterocycles. The second-order valence-electron chi connectivity index (χ2n) is 4.09. The van der Waals surface area contributed by atoms with Gasteiger partial charge in [0.2, 0.25) is 0 Å². The fourth-order valence-electron chi connectivity index (χ4n) is 1.95. The van der Waals surface area contributed by atoms with Gasteiger partial charge in [-0.15, -0.1) is 11.3 Å². The molecule has 2 rings (SSSR count). The lowest BCUT2D eigenvalue weighted by atomic mass is 9.90. The fraction of sp³-hybridized carbons (Fsp3) is 0.500. The summed E-state index contributed by atoms with van der Waals surface area (Å²) in [5.74, 6) is 0.444. The smallest absolute Gasteiger partial charge is 0.266 e. The molecule has 1 aromatic rings. The van der Waals surface area contributed by atoms with Crippen molar-refractivity contribution in [3.8, 4) is 0 Å². The summed E-state index contributed by atoms with van der Waals surface area (Å²) in [6.07, 6.45) is 8.22. The second-order valence-corrected chi connectivity index (χ2v) is 5.04. The third-order valence-electron chi connectivity index (χ3n) is 2.85. The molecule has 4 heteroatoms. The highest BCUT2D eigenvalue weighted by Gasteiger charge is 2.11. The van der Waals surface area contributed by atoms with E-state index in [1.54, 1.807) is 6.07 Å². The zero-order valence-electron chi connectivity index (χ0n) is 9.19. The Morgan fingerprint density at radius 1 is 1.44 bits per heavy atom. The van der Waals surface area contributed by atoms with E-state index >= 15 is 0 Å². The standard InChI is InChI=1S/C12H16N2OS/c15-12(11-7-4-8-16-11)14-13-9-10-5-2-1-3-6-10/h4,7-10H,1-3,5-6H2,(H,14,15)/b13-9-. The number of nitrogens with zero attached hydrogens (tertiary/aromatic N) is 1. The summed E-state index contributed by atoms with van der Waals surface area (Å²) >= 11 is 1.43. The molecule has 0 aliphatic heterocycles. The summed E-state index contributed by atoms with van der Waals surface area (Å²) in [4.78, 5) is 12.2. The number of hydrogen-bond donors (Lipinski definition) is 1. The first-order valence-electron chi connectivity index (χ1n) is 5.73. The SMILES string of the molecule is O=C(N/N=C\C1CCCCC1)c1cccs1. The Morgan fingerprint density at radius 2 is 2.25 bits per heavy atom. The normalized spacial score (nSPS) is 17.8. The Morgan fingerprint density at radius 3 is 2.94 bits per heavy atom. The summed E-state index contributed by atoms with van der Waals surface area (Å²) < 4.78 is 0. The van der Waals surface area contributed by atoms with Crippen LogP contribution in [0.1, 0.15) is 41.8 Å². The van der Waals surface area contributed by atoms with Crippen molar-refractivity contribution in [1.29, 1.82) is 0 Å². The number of amides is 1. The molecule has 3 nitrogen and oxygen atoms in total. The van der Waals surface area contributed by atoms with E-state index in [2.05, 4.69) is 10.5 Å². The van der Waals surface area contributed by atoms with Crippen molar-refractivity contribution in [3.05, 3.63) is 22.4 Å². The van der Waals surface area contributed by atoms with Crippen LogP contribution < -0.4 is 5.43 Å². The van der Waals surface area contributed by atoms with Crippen molar-refractivity contribution in [2.45, 2.75) is 32.1 Å². The molecule has 1 aliphatic carbocycles. The monoisotopic (exact) mass is 236 g/mol. The average molecular weight is 236 g/mol. The van der Waals surface area contributed by atoms with Crippen LogP contribution in [0.2, 0.25) is 0 Å². The van der Waals surface area contributed by atoms with Gasteiger partial charge in [-0.1, -0.05) is 25.3 Å². The van der Waals surface area contributed by atoms with Crippen molar-refractivity contribution in [2.75, 3.05) is 0 Å². The van der Waals surface area contributed by atoms with E-state index in [0.717, 1.165) is 0 Å². The van der Waals surface area contributed by atoms with Gasteiger partial charge in [-0.05, 0) is 30.2 Å². The molecular formula is C12H16N2OS. The van der Waals surface area contributed by atoms with Crippen molar-refractivity contribution in [3.63, 3.8) is 0 Å². The minimum Gasteiger partial charge on any atom is -0.266 e. The molecule has 0 spiro atoms.